The number of benzene rings is 3. The normalized spacial score (nSPS) is 11.2. The second-order valence-corrected chi connectivity index (χ2v) is 6.13. The van der Waals surface area contributed by atoms with Crippen molar-refractivity contribution in [1.82, 2.24) is 0 Å². The topological polar surface area (TPSA) is 52.3 Å². The Balaban J connectivity index is 2.44. The molecule has 0 aliphatic rings. The van der Waals surface area contributed by atoms with Gasteiger partial charge < -0.3 is 10.5 Å². The van der Waals surface area contributed by atoms with Crippen molar-refractivity contribution in [3.8, 4) is 5.75 Å². The maximum atomic E-state index is 13.0. The Morgan fingerprint density at radius 3 is 1.92 bits per heavy atom. The number of primary amides is 1. The average Bonchev–Trinajstić information content (AvgIpc) is 2.70. The summed E-state index contributed by atoms with van der Waals surface area (Å²) in [5, 5.41) is 0. The molecule has 3 heteroatoms. The van der Waals surface area contributed by atoms with Crippen LogP contribution in [0.3, 0.4) is 0 Å². The van der Waals surface area contributed by atoms with Gasteiger partial charge in [-0.05, 0) is 36.1 Å². The molecule has 2 N–H and O–H groups in total. The van der Waals surface area contributed by atoms with Crippen molar-refractivity contribution >= 4 is 5.91 Å². The zero-order valence-electron chi connectivity index (χ0n) is 14.8. The van der Waals surface area contributed by atoms with E-state index in [1.165, 1.54) is 0 Å². The van der Waals surface area contributed by atoms with Crippen LogP contribution in [0.15, 0.2) is 78.9 Å². The molecule has 0 bridgehead atoms. The zero-order valence-corrected chi connectivity index (χ0v) is 14.8. The Kier molecular flexibility index (Phi) is 5.08. The van der Waals surface area contributed by atoms with Gasteiger partial charge in [0.05, 0.1) is 7.11 Å². The fourth-order valence-electron chi connectivity index (χ4n) is 3.47. The second kappa shape index (κ2) is 7.44. The summed E-state index contributed by atoms with van der Waals surface area (Å²) >= 11 is 0. The van der Waals surface area contributed by atoms with Crippen LogP contribution in [-0.4, -0.2) is 13.0 Å². The second-order valence-electron chi connectivity index (χ2n) is 6.13. The van der Waals surface area contributed by atoms with Gasteiger partial charge in [0.2, 0.25) is 5.91 Å². The van der Waals surface area contributed by atoms with Crippen molar-refractivity contribution in [3.63, 3.8) is 0 Å². The summed E-state index contributed by atoms with van der Waals surface area (Å²) in [5.41, 5.74) is 8.27. The van der Waals surface area contributed by atoms with Gasteiger partial charge in [0, 0.05) is 5.56 Å². The number of ether oxygens (including phenoxy) is 1. The first-order chi connectivity index (χ1) is 12.6. The summed E-state index contributed by atoms with van der Waals surface area (Å²) in [5.74, 6) is 0.170. The van der Waals surface area contributed by atoms with Crippen LogP contribution in [-0.2, 0) is 16.6 Å². The molecule has 0 aliphatic carbocycles. The highest BCUT2D eigenvalue weighted by molar-refractivity contribution is 5.95. The molecule has 1 amide bonds. The molecule has 3 nitrogen and oxygen atoms in total. The smallest absolute Gasteiger partial charge is 0.237 e. The first kappa shape index (κ1) is 17.7. The summed E-state index contributed by atoms with van der Waals surface area (Å²) in [7, 11) is 1.60. The van der Waals surface area contributed by atoms with Gasteiger partial charge >= 0.3 is 0 Å². The third kappa shape index (κ3) is 2.86. The highest BCUT2D eigenvalue weighted by Gasteiger charge is 2.44. The first-order valence-corrected chi connectivity index (χ1v) is 8.52. The third-order valence-corrected chi connectivity index (χ3v) is 4.74. The molecule has 1 radical (unpaired) electrons. The van der Waals surface area contributed by atoms with Crippen LogP contribution in [0.5, 0.6) is 5.75 Å². The highest BCUT2D eigenvalue weighted by Crippen LogP contribution is 2.43. The first-order valence-electron chi connectivity index (χ1n) is 8.52. The minimum atomic E-state index is -1.15. The van der Waals surface area contributed by atoms with Crippen LogP contribution in [0, 0.1) is 6.92 Å². The Bertz CT molecular complexity index is 849. The van der Waals surface area contributed by atoms with Gasteiger partial charge in [-0.15, -0.1) is 0 Å². The summed E-state index contributed by atoms with van der Waals surface area (Å²) < 4.78 is 5.62. The number of carbonyl (C=O) groups is 1. The molecular weight excluding hydrogens is 322 g/mol. The van der Waals surface area contributed by atoms with Crippen LogP contribution in [0.25, 0.3) is 0 Å². The number of hydrogen-bond acceptors (Lipinski definition) is 2. The van der Waals surface area contributed by atoms with E-state index in [4.69, 9.17) is 10.5 Å². The molecule has 0 unspecified atom stereocenters. The molecule has 0 aromatic heterocycles. The minimum Gasteiger partial charge on any atom is -0.496 e. The molecule has 0 fully saturated rings. The fraction of sp³-hybridized carbons (Fsp3) is 0.130. The van der Waals surface area contributed by atoms with Gasteiger partial charge in [-0.3, -0.25) is 4.79 Å². The Hall–Kier alpha value is -3.07. The predicted molar refractivity (Wildman–Crippen MR) is 104 cm³/mol. The van der Waals surface area contributed by atoms with Crippen molar-refractivity contribution in [3.05, 3.63) is 108 Å². The quantitative estimate of drug-likeness (QED) is 0.690. The summed E-state index contributed by atoms with van der Waals surface area (Å²) in [6.07, 6.45) is 0.607. The molecule has 26 heavy (non-hydrogen) atoms. The van der Waals surface area contributed by atoms with E-state index in [9.17, 15) is 4.79 Å². The van der Waals surface area contributed by atoms with Crippen molar-refractivity contribution in [2.75, 3.05) is 7.11 Å². The van der Waals surface area contributed by atoms with E-state index in [2.05, 4.69) is 6.92 Å². The third-order valence-electron chi connectivity index (χ3n) is 4.74. The Morgan fingerprint density at radius 1 is 0.962 bits per heavy atom. The van der Waals surface area contributed by atoms with Crippen molar-refractivity contribution in [1.29, 1.82) is 0 Å². The monoisotopic (exact) mass is 344 g/mol. The molecule has 0 saturated carbocycles. The van der Waals surface area contributed by atoms with Crippen molar-refractivity contribution in [2.45, 2.75) is 11.8 Å². The van der Waals surface area contributed by atoms with Crippen LogP contribution in [0.2, 0.25) is 0 Å². The average molecular weight is 344 g/mol. The largest absolute Gasteiger partial charge is 0.496 e. The lowest BCUT2D eigenvalue weighted by Crippen LogP contribution is -2.43. The van der Waals surface area contributed by atoms with Gasteiger partial charge in [0.1, 0.15) is 11.2 Å². The van der Waals surface area contributed by atoms with E-state index in [0.717, 1.165) is 22.3 Å². The molecule has 3 aromatic carbocycles. The molecule has 131 valence electrons. The molecule has 0 atom stereocenters. The lowest BCUT2D eigenvalue weighted by atomic mass is 9.68. The van der Waals surface area contributed by atoms with E-state index in [1.54, 1.807) is 7.11 Å². The molecular formula is C23H22NO2. The molecule has 3 rings (SSSR count). The number of nitrogens with two attached hydrogens (primary N) is 1. The lowest BCUT2D eigenvalue weighted by molar-refractivity contribution is -0.121. The van der Waals surface area contributed by atoms with Crippen LogP contribution in [0.1, 0.15) is 22.3 Å². The van der Waals surface area contributed by atoms with Crippen LogP contribution >= 0.6 is 0 Å². The predicted octanol–water partition coefficient (Wildman–Crippen LogP) is 3.89. The van der Waals surface area contributed by atoms with Gasteiger partial charge in [0.15, 0.2) is 0 Å². The number of hydrogen-bond donors (Lipinski definition) is 1. The van der Waals surface area contributed by atoms with Gasteiger partial charge in [-0.2, -0.15) is 0 Å². The number of amides is 1. The zero-order chi connectivity index (χ0) is 18.6. The maximum Gasteiger partial charge on any atom is 0.237 e. The van der Waals surface area contributed by atoms with E-state index in [-0.39, 0.29) is 0 Å². The van der Waals surface area contributed by atoms with Gasteiger partial charge in [-0.25, -0.2) is 0 Å². The van der Waals surface area contributed by atoms with E-state index in [1.807, 2.05) is 78.9 Å². The fourth-order valence-corrected chi connectivity index (χ4v) is 3.47. The summed E-state index contributed by atoms with van der Waals surface area (Å²) in [6, 6.07) is 25.0. The Labute approximate surface area is 154 Å². The van der Waals surface area contributed by atoms with E-state index in [0.29, 0.717) is 12.2 Å². The molecule has 0 heterocycles. The summed E-state index contributed by atoms with van der Waals surface area (Å²) in [4.78, 5) is 13.0. The van der Waals surface area contributed by atoms with Crippen molar-refractivity contribution in [2.24, 2.45) is 5.73 Å². The number of rotatable bonds is 6. The van der Waals surface area contributed by atoms with Gasteiger partial charge in [0.25, 0.3) is 0 Å². The molecule has 0 spiro atoms. The maximum absolute atomic E-state index is 13.0. The minimum absolute atomic E-state index is 0.450. The standard InChI is InChI=1S/C23H22NO2/c1-3-17-14-15-21(26-2)20(16-17)23(22(24)25,18-10-6-4-7-11-18)19-12-8-5-9-13-19/h4-16H,1,3H2,2H3,(H2,24,25). The van der Waals surface area contributed by atoms with Crippen molar-refractivity contribution < 1.29 is 9.53 Å². The highest BCUT2D eigenvalue weighted by atomic mass is 16.5. The van der Waals surface area contributed by atoms with E-state index >= 15 is 0 Å². The number of methoxy groups -OCH3 is 1. The van der Waals surface area contributed by atoms with Gasteiger partial charge in [-0.1, -0.05) is 72.8 Å². The molecule has 3 aromatic rings. The van der Waals surface area contributed by atoms with E-state index < -0.39 is 11.3 Å². The molecule has 0 aliphatic heterocycles. The van der Waals surface area contributed by atoms with Crippen LogP contribution < -0.4 is 10.5 Å². The number of carbonyl (C=O) groups excluding carboxylic acids is 1. The molecule has 0 saturated heterocycles. The lowest BCUT2D eigenvalue weighted by Gasteiger charge is -2.34. The van der Waals surface area contributed by atoms with Crippen LogP contribution in [0.4, 0.5) is 0 Å². The summed E-state index contributed by atoms with van der Waals surface area (Å²) in [6.45, 7) is 3.97. The Morgan fingerprint density at radius 2 is 1.50 bits per heavy atom. The SMILES string of the molecule is [CH2]Cc1ccc(OC)c(C(C(N)=O)(c2ccccc2)c2ccccc2)c1.